The average Bonchev–Trinajstić information content (AvgIpc) is 2.94. The number of hydrogen-bond donors (Lipinski definition) is 0. The minimum absolute atomic E-state index is 0.574. The van der Waals surface area contributed by atoms with Crippen molar-refractivity contribution in [2.75, 3.05) is 0 Å². The highest BCUT2D eigenvalue weighted by atomic mass is 127. The van der Waals surface area contributed by atoms with Crippen LogP contribution in [0.5, 0.6) is 0 Å². The summed E-state index contributed by atoms with van der Waals surface area (Å²) in [5.74, 6) is 2.14. The first-order valence-electron chi connectivity index (χ1n) is 5.29. The predicted molar refractivity (Wildman–Crippen MR) is 70.3 cm³/mol. The van der Waals surface area contributed by atoms with Gasteiger partial charge in [-0.1, -0.05) is 25.4 Å². The molecule has 1 fully saturated rings. The average molecular weight is 337 g/mol. The van der Waals surface area contributed by atoms with Crippen LogP contribution in [0.25, 0.3) is 0 Å². The van der Waals surface area contributed by atoms with E-state index in [2.05, 4.69) is 46.4 Å². The van der Waals surface area contributed by atoms with Crippen LogP contribution >= 0.6 is 34.2 Å². The second kappa shape index (κ2) is 4.53. The second-order valence-electron chi connectivity index (χ2n) is 4.51. The molecule has 4 heteroatoms. The molecule has 2 rings (SSSR count). The van der Waals surface area contributed by atoms with E-state index in [1.807, 2.05) is 0 Å². The van der Waals surface area contributed by atoms with E-state index in [0.717, 1.165) is 21.5 Å². The molecule has 15 heavy (non-hydrogen) atoms. The van der Waals surface area contributed by atoms with Gasteiger partial charge in [-0.15, -0.1) is 0 Å². The molecule has 2 nitrogen and oxygen atoms in total. The van der Waals surface area contributed by atoms with Crippen molar-refractivity contribution in [3.8, 4) is 0 Å². The van der Waals surface area contributed by atoms with Crippen molar-refractivity contribution in [2.24, 2.45) is 5.92 Å². The summed E-state index contributed by atoms with van der Waals surface area (Å²) in [6, 6.07) is 0. The molecule has 82 valence electrons. The summed E-state index contributed by atoms with van der Waals surface area (Å²) in [4.78, 5) is 8.98. The molecule has 1 heterocycles. The summed E-state index contributed by atoms with van der Waals surface area (Å²) < 4.78 is 1.02. The first kappa shape index (κ1) is 11.6. The molecule has 0 radical (unpaired) electrons. The Labute approximate surface area is 109 Å². The molecular formula is C11H14ClIN2. The molecule has 0 amide bonds. The Morgan fingerprint density at radius 1 is 1.40 bits per heavy atom. The summed E-state index contributed by atoms with van der Waals surface area (Å²) >= 11 is 8.36. The Morgan fingerprint density at radius 2 is 2.07 bits per heavy atom. The van der Waals surface area contributed by atoms with Crippen LogP contribution in [0.1, 0.15) is 44.1 Å². The number of rotatable bonds is 3. The normalized spacial score (nSPS) is 16.1. The van der Waals surface area contributed by atoms with Crippen LogP contribution in [0.15, 0.2) is 0 Å². The number of hydrogen-bond acceptors (Lipinski definition) is 2. The van der Waals surface area contributed by atoms with E-state index in [0.29, 0.717) is 17.0 Å². The third kappa shape index (κ3) is 2.81. The van der Waals surface area contributed by atoms with Crippen molar-refractivity contribution in [1.82, 2.24) is 9.97 Å². The van der Waals surface area contributed by atoms with Gasteiger partial charge in [-0.25, -0.2) is 9.97 Å². The van der Waals surface area contributed by atoms with Gasteiger partial charge < -0.3 is 0 Å². The monoisotopic (exact) mass is 336 g/mol. The third-order valence-corrected chi connectivity index (χ3v) is 4.17. The van der Waals surface area contributed by atoms with Gasteiger partial charge in [0.2, 0.25) is 0 Å². The lowest BCUT2D eigenvalue weighted by molar-refractivity contribution is 0.627. The van der Waals surface area contributed by atoms with E-state index >= 15 is 0 Å². The maximum atomic E-state index is 6.12. The van der Waals surface area contributed by atoms with Crippen LogP contribution in [0.2, 0.25) is 5.15 Å². The zero-order valence-corrected chi connectivity index (χ0v) is 11.8. The van der Waals surface area contributed by atoms with Crippen LogP contribution in [0.3, 0.4) is 0 Å². The molecule has 0 aliphatic heterocycles. The highest BCUT2D eigenvalue weighted by molar-refractivity contribution is 14.1. The lowest BCUT2D eigenvalue weighted by Crippen LogP contribution is -2.05. The maximum Gasteiger partial charge on any atom is 0.146 e. The zero-order valence-electron chi connectivity index (χ0n) is 8.93. The summed E-state index contributed by atoms with van der Waals surface area (Å²) in [6.07, 6.45) is 3.43. The van der Waals surface area contributed by atoms with Gasteiger partial charge >= 0.3 is 0 Å². The first-order chi connectivity index (χ1) is 7.08. The van der Waals surface area contributed by atoms with Crippen LogP contribution in [-0.4, -0.2) is 9.97 Å². The van der Waals surface area contributed by atoms with E-state index in [1.54, 1.807) is 0 Å². The Morgan fingerprint density at radius 3 is 2.60 bits per heavy atom. The molecule has 0 spiro atoms. The molecule has 1 aliphatic rings. The van der Waals surface area contributed by atoms with E-state index in [1.165, 1.54) is 12.8 Å². The van der Waals surface area contributed by atoms with Crippen molar-refractivity contribution in [3.05, 3.63) is 20.2 Å². The summed E-state index contributed by atoms with van der Waals surface area (Å²) in [6.45, 7) is 4.39. The SMILES string of the molecule is CC(C)Cc1nc(C2CC2)nc(Cl)c1I. The predicted octanol–water partition coefficient (Wildman–Crippen LogP) is 3.81. The number of halogens is 2. The second-order valence-corrected chi connectivity index (χ2v) is 5.94. The molecule has 1 aromatic rings. The molecule has 1 aliphatic carbocycles. The van der Waals surface area contributed by atoms with Gasteiger partial charge in [0.15, 0.2) is 0 Å². The minimum atomic E-state index is 0.574. The molecule has 1 saturated carbocycles. The van der Waals surface area contributed by atoms with Crippen molar-refractivity contribution in [1.29, 1.82) is 0 Å². The van der Waals surface area contributed by atoms with Gasteiger partial charge in [-0.2, -0.15) is 0 Å². The number of nitrogens with zero attached hydrogens (tertiary/aromatic N) is 2. The third-order valence-electron chi connectivity index (χ3n) is 2.44. The minimum Gasteiger partial charge on any atom is -0.236 e. The fraction of sp³-hybridized carbons (Fsp3) is 0.636. The Hall–Kier alpha value is 0.100. The molecule has 0 bridgehead atoms. The zero-order chi connectivity index (χ0) is 11.0. The van der Waals surface area contributed by atoms with Crippen LogP contribution in [-0.2, 0) is 6.42 Å². The lowest BCUT2D eigenvalue weighted by atomic mass is 10.1. The van der Waals surface area contributed by atoms with Gasteiger partial charge in [-0.3, -0.25) is 0 Å². The molecule has 0 unspecified atom stereocenters. The van der Waals surface area contributed by atoms with Crippen LogP contribution in [0, 0.1) is 9.49 Å². The Kier molecular flexibility index (Phi) is 3.50. The molecule has 0 aromatic carbocycles. The molecular weight excluding hydrogens is 322 g/mol. The van der Waals surface area contributed by atoms with Crippen molar-refractivity contribution < 1.29 is 0 Å². The largest absolute Gasteiger partial charge is 0.236 e. The van der Waals surface area contributed by atoms with E-state index in [-0.39, 0.29) is 0 Å². The topological polar surface area (TPSA) is 25.8 Å². The number of aromatic nitrogens is 2. The molecule has 0 atom stereocenters. The summed E-state index contributed by atoms with van der Waals surface area (Å²) in [7, 11) is 0. The quantitative estimate of drug-likeness (QED) is 0.619. The maximum absolute atomic E-state index is 6.12. The van der Waals surface area contributed by atoms with Crippen molar-refractivity contribution >= 4 is 34.2 Å². The standard InChI is InChI=1S/C11H14ClIN2/c1-6(2)5-8-9(13)10(12)15-11(14-8)7-3-4-7/h6-7H,3-5H2,1-2H3. The molecule has 0 N–H and O–H groups in total. The molecule has 1 aromatic heterocycles. The Balaban J connectivity index is 2.33. The van der Waals surface area contributed by atoms with Gasteiger partial charge in [0.1, 0.15) is 11.0 Å². The summed E-state index contributed by atoms with van der Waals surface area (Å²) in [5, 5.41) is 0.628. The fourth-order valence-corrected chi connectivity index (χ4v) is 2.18. The van der Waals surface area contributed by atoms with Crippen LogP contribution < -0.4 is 0 Å². The fourth-order valence-electron chi connectivity index (χ4n) is 1.53. The van der Waals surface area contributed by atoms with Gasteiger partial charge in [-0.05, 0) is 47.8 Å². The van der Waals surface area contributed by atoms with E-state index in [9.17, 15) is 0 Å². The van der Waals surface area contributed by atoms with Crippen molar-refractivity contribution in [3.63, 3.8) is 0 Å². The van der Waals surface area contributed by atoms with Gasteiger partial charge in [0, 0.05) is 5.92 Å². The molecule has 0 saturated heterocycles. The lowest BCUT2D eigenvalue weighted by Gasteiger charge is -2.09. The Bertz CT molecular complexity index is 375. The van der Waals surface area contributed by atoms with Crippen LogP contribution in [0.4, 0.5) is 0 Å². The highest BCUT2D eigenvalue weighted by Gasteiger charge is 2.28. The highest BCUT2D eigenvalue weighted by Crippen LogP contribution is 2.39. The smallest absolute Gasteiger partial charge is 0.146 e. The van der Waals surface area contributed by atoms with Gasteiger partial charge in [0.05, 0.1) is 9.26 Å². The van der Waals surface area contributed by atoms with Crippen molar-refractivity contribution in [2.45, 2.75) is 39.0 Å². The van der Waals surface area contributed by atoms with Gasteiger partial charge in [0.25, 0.3) is 0 Å². The van der Waals surface area contributed by atoms with E-state index < -0.39 is 0 Å². The first-order valence-corrected chi connectivity index (χ1v) is 6.75. The summed E-state index contributed by atoms with van der Waals surface area (Å²) in [5.41, 5.74) is 1.12. The van der Waals surface area contributed by atoms with E-state index in [4.69, 9.17) is 11.6 Å².